The van der Waals surface area contributed by atoms with Gasteiger partial charge in [0.15, 0.2) is 15.7 Å². The van der Waals surface area contributed by atoms with Crippen LogP contribution in [0.2, 0.25) is 0 Å². The summed E-state index contributed by atoms with van der Waals surface area (Å²) in [6, 6.07) is 3.20. The van der Waals surface area contributed by atoms with Crippen LogP contribution in [0.25, 0.3) is 0 Å². The van der Waals surface area contributed by atoms with Crippen molar-refractivity contribution in [3.8, 4) is 0 Å². The minimum absolute atomic E-state index is 0.0975. The Balaban J connectivity index is 1.38. The van der Waals surface area contributed by atoms with Crippen molar-refractivity contribution in [1.29, 1.82) is 0 Å². The Labute approximate surface area is 182 Å². The smallest absolute Gasteiger partial charge is 0.169 e. The summed E-state index contributed by atoms with van der Waals surface area (Å²) < 4.78 is 39.7. The van der Waals surface area contributed by atoms with E-state index in [1.54, 1.807) is 29.7 Å². The summed E-state index contributed by atoms with van der Waals surface area (Å²) in [5, 5.41) is 5.79. The number of hydrogen-bond donors (Lipinski definition) is 0. The average Bonchev–Trinajstić information content (AvgIpc) is 3.08. The van der Waals surface area contributed by atoms with Crippen molar-refractivity contribution >= 4 is 21.9 Å². The molecule has 0 N–H and O–H groups in total. The highest BCUT2D eigenvalue weighted by Gasteiger charge is 2.44. The summed E-state index contributed by atoms with van der Waals surface area (Å²) in [5.74, 6) is 0.381. The number of fused-ring (bicyclic) bond motifs is 2. The first-order chi connectivity index (χ1) is 14.9. The second-order valence-electron chi connectivity index (χ2n) is 8.71. The Morgan fingerprint density at radius 3 is 2.71 bits per heavy atom. The van der Waals surface area contributed by atoms with Crippen molar-refractivity contribution in [2.24, 2.45) is 16.0 Å². The fourth-order valence-electron chi connectivity index (χ4n) is 5.25. The first-order valence-corrected chi connectivity index (χ1v) is 12.7. The SMILES string of the molecule is CS(=O)(=O)C1C2CCC=CC2=NC=C2N1C=NN2C1CCC(c2ncccc2F)CC1. The molecule has 0 radical (unpaired) electrons. The van der Waals surface area contributed by atoms with Crippen molar-refractivity contribution in [2.75, 3.05) is 6.26 Å². The molecule has 0 saturated heterocycles. The van der Waals surface area contributed by atoms with Crippen molar-refractivity contribution in [3.63, 3.8) is 0 Å². The number of nitrogens with zero attached hydrogens (tertiary/aromatic N) is 5. The van der Waals surface area contributed by atoms with Crippen molar-refractivity contribution in [1.82, 2.24) is 14.9 Å². The van der Waals surface area contributed by atoms with Gasteiger partial charge < -0.3 is 0 Å². The molecule has 0 spiro atoms. The van der Waals surface area contributed by atoms with E-state index in [9.17, 15) is 12.8 Å². The summed E-state index contributed by atoms with van der Waals surface area (Å²) in [6.45, 7) is 0. The molecule has 0 aromatic carbocycles. The lowest BCUT2D eigenvalue weighted by Crippen LogP contribution is -2.47. The molecule has 1 saturated carbocycles. The summed E-state index contributed by atoms with van der Waals surface area (Å²) >= 11 is 0. The molecule has 1 aromatic rings. The van der Waals surface area contributed by atoms with E-state index in [0.29, 0.717) is 11.5 Å². The highest BCUT2D eigenvalue weighted by molar-refractivity contribution is 7.91. The van der Waals surface area contributed by atoms with E-state index in [2.05, 4.69) is 15.1 Å². The molecular formula is C22H26FN5O2S. The highest BCUT2D eigenvalue weighted by atomic mass is 32.2. The predicted molar refractivity (Wildman–Crippen MR) is 117 cm³/mol. The van der Waals surface area contributed by atoms with Crippen LogP contribution >= 0.6 is 0 Å². The fraction of sp³-hybridized carbons (Fsp3) is 0.500. The lowest BCUT2D eigenvalue weighted by molar-refractivity contribution is 0.175. The van der Waals surface area contributed by atoms with Crippen molar-refractivity contribution in [2.45, 2.75) is 55.9 Å². The molecule has 4 aliphatic rings. The zero-order valence-electron chi connectivity index (χ0n) is 17.4. The first-order valence-electron chi connectivity index (χ1n) is 10.8. The normalized spacial score (nSPS) is 30.4. The lowest BCUT2D eigenvalue weighted by atomic mass is 9.83. The van der Waals surface area contributed by atoms with E-state index < -0.39 is 15.2 Å². The lowest BCUT2D eigenvalue weighted by Gasteiger charge is -2.37. The number of aromatic nitrogens is 1. The maximum Gasteiger partial charge on any atom is 0.169 e. The molecule has 3 heterocycles. The van der Waals surface area contributed by atoms with Gasteiger partial charge in [-0.3, -0.25) is 14.9 Å². The minimum Gasteiger partial charge on any atom is -0.296 e. The number of sulfone groups is 1. The van der Waals surface area contributed by atoms with Gasteiger partial charge in [-0.05, 0) is 56.7 Å². The maximum absolute atomic E-state index is 14.1. The third-order valence-electron chi connectivity index (χ3n) is 6.71. The molecule has 2 aliphatic heterocycles. The molecule has 164 valence electrons. The highest BCUT2D eigenvalue weighted by Crippen LogP contribution is 2.40. The van der Waals surface area contributed by atoms with E-state index in [1.165, 1.54) is 12.3 Å². The summed E-state index contributed by atoms with van der Waals surface area (Å²) in [4.78, 5) is 10.7. The molecule has 0 bridgehead atoms. The number of aliphatic imine (C=N–C) groups is 1. The third-order valence-corrected chi connectivity index (χ3v) is 8.15. The van der Waals surface area contributed by atoms with Crippen LogP contribution in [0.3, 0.4) is 0 Å². The van der Waals surface area contributed by atoms with Gasteiger partial charge >= 0.3 is 0 Å². The fourth-order valence-corrected chi connectivity index (χ4v) is 6.70. The van der Waals surface area contributed by atoms with Gasteiger partial charge in [0.05, 0.1) is 17.9 Å². The predicted octanol–water partition coefficient (Wildman–Crippen LogP) is 3.40. The first kappa shape index (κ1) is 20.4. The van der Waals surface area contributed by atoms with Crippen LogP contribution in [0.5, 0.6) is 0 Å². The van der Waals surface area contributed by atoms with Gasteiger partial charge in [0, 0.05) is 30.0 Å². The number of halogens is 1. The topological polar surface area (TPSA) is 78.2 Å². The standard InChI is InChI=1S/C22H26FN5O2S/c1-31(29,30)22-17-5-2-3-7-19(17)25-13-20-27(22)14-26-28(20)16-10-8-15(9-11-16)21-18(23)6-4-12-24-21/h3-4,6-7,12-17,22H,2,5,8-11H2,1H3. The van der Waals surface area contributed by atoms with Crippen molar-refractivity contribution < 1.29 is 12.8 Å². The van der Waals surface area contributed by atoms with E-state index >= 15 is 0 Å². The molecule has 5 rings (SSSR count). The monoisotopic (exact) mass is 443 g/mol. The van der Waals surface area contributed by atoms with Gasteiger partial charge in [0.1, 0.15) is 17.5 Å². The number of hydrazone groups is 1. The Bertz CT molecular complexity index is 1090. The molecule has 0 amide bonds. The van der Waals surface area contributed by atoms with Gasteiger partial charge in [-0.25, -0.2) is 17.8 Å². The molecule has 31 heavy (non-hydrogen) atoms. The number of hydrogen-bond acceptors (Lipinski definition) is 7. The minimum atomic E-state index is -3.37. The van der Waals surface area contributed by atoms with Crippen LogP contribution < -0.4 is 0 Å². The Kier molecular flexibility index (Phi) is 5.16. The van der Waals surface area contributed by atoms with E-state index in [1.807, 2.05) is 17.2 Å². The van der Waals surface area contributed by atoms with Crippen LogP contribution in [0.4, 0.5) is 4.39 Å². The van der Waals surface area contributed by atoms with Crippen LogP contribution in [-0.2, 0) is 9.84 Å². The molecule has 7 nitrogen and oxygen atoms in total. The second kappa shape index (κ2) is 7.85. The van der Waals surface area contributed by atoms with Gasteiger partial charge in [-0.1, -0.05) is 6.08 Å². The third kappa shape index (κ3) is 3.69. The van der Waals surface area contributed by atoms with Crippen LogP contribution in [0, 0.1) is 11.7 Å². The van der Waals surface area contributed by atoms with E-state index in [4.69, 9.17) is 0 Å². The number of allylic oxidation sites excluding steroid dienone is 2. The number of pyridine rings is 1. The van der Waals surface area contributed by atoms with Crippen molar-refractivity contribution in [3.05, 3.63) is 54.0 Å². The Morgan fingerprint density at radius 1 is 1.16 bits per heavy atom. The molecule has 9 heteroatoms. The molecule has 2 atom stereocenters. The van der Waals surface area contributed by atoms with Gasteiger partial charge in [-0.2, -0.15) is 5.10 Å². The second-order valence-corrected chi connectivity index (χ2v) is 10.8. The summed E-state index contributed by atoms with van der Waals surface area (Å²) in [7, 11) is -3.37. The van der Waals surface area contributed by atoms with E-state index in [-0.39, 0.29) is 23.7 Å². The molecule has 2 unspecified atom stereocenters. The van der Waals surface area contributed by atoms with Crippen LogP contribution in [-0.4, -0.2) is 53.0 Å². The van der Waals surface area contributed by atoms with Gasteiger partial charge in [0.2, 0.25) is 0 Å². The van der Waals surface area contributed by atoms with Crippen LogP contribution in [0.1, 0.15) is 50.1 Å². The largest absolute Gasteiger partial charge is 0.296 e. The zero-order chi connectivity index (χ0) is 21.6. The van der Waals surface area contributed by atoms with Crippen LogP contribution in [0.15, 0.2) is 52.6 Å². The quantitative estimate of drug-likeness (QED) is 0.716. The average molecular weight is 444 g/mol. The Hall–Kier alpha value is -2.55. The van der Waals surface area contributed by atoms with E-state index in [0.717, 1.165) is 44.2 Å². The molecule has 1 aromatic heterocycles. The summed E-state index contributed by atoms with van der Waals surface area (Å²) in [6.07, 6.45) is 15.2. The number of rotatable bonds is 3. The zero-order valence-corrected chi connectivity index (χ0v) is 18.2. The molecular weight excluding hydrogens is 417 g/mol. The molecule has 1 fully saturated rings. The summed E-state index contributed by atoms with van der Waals surface area (Å²) in [5.41, 5.74) is 1.35. The van der Waals surface area contributed by atoms with Gasteiger partial charge in [0.25, 0.3) is 0 Å². The van der Waals surface area contributed by atoms with Gasteiger partial charge in [-0.15, -0.1) is 0 Å². The maximum atomic E-state index is 14.1. The molecule has 2 aliphatic carbocycles. The Morgan fingerprint density at radius 2 is 1.97 bits per heavy atom.